The highest BCUT2D eigenvalue weighted by Gasteiger charge is 2.25. The minimum absolute atomic E-state index is 0.164. The van der Waals surface area contributed by atoms with Crippen LogP contribution in [-0.4, -0.2) is 47.8 Å². The Bertz CT molecular complexity index is 726. The average molecular weight is 344 g/mol. The number of anilines is 2. The molecular weight excluding hydrogens is 320 g/mol. The number of oxazole rings is 1. The van der Waals surface area contributed by atoms with Gasteiger partial charge in [-0.2, -0.15) is 0 Å². The fourth-order valence-electron chi connectivity index (χ4n) is 2.73. The van der Waals surface area contributed by atoms with E-state index in [1.807, 2.05) is 45.0 Å². The van der Waals surface area contributed by atoms with Gasteiger partial charge < -0.3 is 24.7 Å². The third-order valence-corrected chi connectivity index (χ3v) is 3.97. The van der Waals surface area contributed by atoms with Crippen LogP contribution in [0.5, 0.6) is 0 Å². The highest BCUT2D eigenvalue weighted by atomic mass is 16.6. The van der Waals surface area contributed by atoms with Gasteiger partial charge in [-0.15, -0.1) is 0 Å². The van der Waals surface area contributed by atoms with Crippen molar-refractivity contribution in [3.8, 4) is 11.3 Å². The molecule has 0 aliphatic carbocycles. The smallest absolute Gasteiger partial charge is 0.410 e. The van der Waals surface area contributed by atoms with E-state index in [1.165, 1.54) is 0 Å². The molecule has 0 radical (unpaired) electrons. The van der Waals surface area contributed by atoms with E-state index in [1.54, 1.807) is 11.1 Å². The molecule has 2 aromatic rings. The van der Waals surface area contributed by atoms with E-state index < -0.39 is 5.60 Å². The summed E-state index contributed by atoms with van der Waals surface area (Å²) < 4.78 is 10.8. The van der Waals surface area contributed by atoms with Crippen molar-refractivity contribution in [2.75, 3.05) is 36.8 Å². The van der Waals surface area contributed by atoms with E-state index in [-0.39, 0.29) is 12.1 Å². The SMILES string of the molecule is CC(C)(C)OC(=O)N1CCN(c2ccc(-c3cnc(N)o3)cc2)CC1. The van der Waals surface area contributed by atoms with Crippen LogP contribution in [0.1, 0.15) is 20.8 Å². The maximum absolute atomic E-state index is 12.1. The van der Waals surface area contributed by atoms with Crippen molar-refractivity contribution in [1.29, 1.82) is 0 Å². The summed E-state index contributed by atoms with van der Waals surface area (Å²) in [6, 6.07) is 8.21. The summed E-state index contributed by atoms with van der Waals surface area (Å²) in [4.78, 5) is 20.0. The number of nitrogens with two attached hydrogens (primary N) is 1. The van der Waals surface area contributed by atoms with E-state index in [4.69, 9.17) is 14.9 Å². The second-order valence-corrected chi connectivity index (χ2v) is 7.06. The topological polar surface area (TPSA) is 84.8 Å². The molecule has 2 heterocycles. The highest BCUT2D eigenvalue weighted by molar-refractivity contribution is 5.69. The van der Waals surface area contributed by atoms with Gasteiger partial charge in [-0.1, -0.05) is 0 Å². The molecule has 0 saturated carbocycles. The van der Waals surface area contributed by atoms with Crippen molar-refractivity contribution >= 4 is 17.8 Å². The highest BCUT2D eigenvalue weighted by Crippen LogP contribution is 2.25. The van der Waals surface area contributed by atoms with Crippen molar-refractivity contribution in [3.05, 3.63) is 30.5 Å². The van der Waals surface area contributed by atoms with Crippen molar-refractivity contribution in [2.24, 2.45) is 0 Å². The van der Waals surface area contributed by atoms with Gasteiger partial charge in [-0.3, -0.25) is 0 Å². The molecule has 1 aliphatic rings. The molecule has 1 fully saturated rings. The summed E-state index contributed by atoms with van der Waals surface area (Å²) >= 11 is 0. The standard InChI is InChI=1S/C18H24N4O3/c1-18(2,3)25-17(23)22-10-8-21(9-11-22)14-6-4-13(5-7-14)15-12-20-16(19)24-15/h4-7,12H,8-11H2,1-3H3,(H2,19,20). The summed E-state index contributed by atoms with van der Waals surface area (Å²) in [5.41, 5.74) is 7.09. The molecule has 0 bridgehead atoms. The lowest BCUT2D eigenvalue weighted by Gasteiger charge is -2.36. The Labute approximate surface area is 147 Å². The Morgan fingerprint density at radius 3 is 2.32 bits per heavy atom. The molecule has 1 amide bonds. The molecule has 25 heavy (non-hydrogen) atoms. The van der Waals surface area contributed by atoms with Gasteiger partial charge in [0.2, 0.25) is 0 Å². The van der Waals surface area contributed by atoms with E-state index in [0.717, 1.165) is 24.3 Å². The van der Waals surface area contributed by atoms with Crippen LogP contribution in [-0.2, 0) is 4.74 Å². The molecule has 0 unspecified atom stereocenters. The Balaban J connectivity index is 1.59. The van der Waals surface area contributed by atoms with Crippen LogP contribution >= 0.6 is 0 Å². The van der Waals surface area contributed by atoms with Crippen molar-refractivity contribution in [2.45, 2.75) is 26.4 Å². The number of benzene rings is 1. The molecule has 1 aromatic heterocycles. The average Bonchev–Trinajstić information content (AvgIpc) is 3.00. The molecule has 134 valence electrons. The Kier molecular flexibility index (Phi) is 4.57. The third kappa shape index (κ3) is 4.23. The predicted octanol–water partition coefficient (Wildman–Crippen LogP) is 2.98. The lowest BCUT2D eigenvalue weighted by Crippen LogP contribution is -2.50. The molecule has 7 heteroatoms. The number of rotatable bonds is 2. The molecule has 7 nitrogen and oxygen atoms in total. The molecule has 0 atom stereocenters. The van der Waals surface area contributed by atoms with Gasteiger partial charge >= 0.3 is 6.09 Å². The van der Waals surface area contributed by atoms with Gasteiger partial charge in [0.1, 0.15) is 5.60 Å². The molecule has 2 N–H and O–H groups in total. The summed E-state index contributed by atoms with van der Waals surface area (Å²) in [5, 5.41) is 0. The molecule has 0 spiro atoms. The van der Waals surface area contributed by atoms with Gasteiger partial charge in [0.05, 0.1) is 6.20 Å². The van der Waals surface area contributed by atoms with Gasteiger partial charge in [0.25, 0.3) is 6.01 Å². The van der Waals surface area contributed by atoms with E-state index >= 15 is 0 Å². The fraction of sp³-hybridized carbons (Fsp3) is 0.444. The van der Waals surface area contributed by atoms with E-state index in [2.05, 4.69) is 9.88 Å². The van der Waals surface area contributed by atoms with Crippen LogP contribution in [0.25, 0.3) is 11.3 Å². The first-order valence-corrected chi connectivity index (χ1v) is 8.36. The summed E-state index contributed by atoms with van der Waals surface area (Å²) in [6.07, 6.45) is 1.37. The molecular formula is C18H24N4O3. The number of hydrogen-bond acceptors (Lipinski definition) is 6. The number of piperazine rings is 1. The number of hydrogen-bond donors (Lipinski definition) is 1. The van der Waals surface area contributed by atoms with Gasteiger partial charge in [-0.05, 0) is 45.0 Å². The first-order valence-electron chi connectivity index (χ1n) is 8.36. The summed E-state index contributed by atoms with van der Waals surface area (Å²) in [7, 11) is 0. The Morgan fingerprint density at radius 1 is 1.16 bits per heavy atom. The van der Waals surface area contributed by atoms with Crippen LogP contribution in [0.4, 0.5) is 16.5 Å². The quantitative estimate of drug-likeness (QED) is 0.901. The monoisotopic (exact) mass is 344 g/mol. The second-order valence-electron chi connectivity index (χ2n) is 7.06. The lowest BCUT2D eigenvalue weighted by molar-refractivity contribution is 0.0240. The number of carbonyl (C=O) groups is 1. The zero-order valence-electron chi connectivity index (χ0n) is 14.9. The van der Waals surface area contributed by atoms with Gasteiger partial charge in [-0.25, -0.2) is 9.78 Å². The van der Waals surface area contributed by atoms with Crippen molar-refractivity contribution < 1.29 is 13.9 Å². The summed E-state index contributed by atoms with van der Waals surface area (Å²) in [6.45, 7) is 8.48. The minimum Gasteiger partial charge on any atom is -0.444 e. The van der Waals surface area contributed by atoms with Crippen LogP contribution in [0.2, 0.25) is 0 Å². The largest absolute Gasteiger partial charge is 0.444 e. The van der Waals surface area contributed by atoms with Crippen LogP contribution < -0.4 is 10.6 Å². The van der Waals surface area contributed by atoms with E-state index in [9.17, 15) is 4.79 Å². The molecule has 1 aliphatic heterocycles. The lowest BCUT2D eigenvalue weighted by atomic mass is 10.1. The third-order valence-electron chi connectivity index (χ3n) is 3.97. The maximum Gasteiger partial charge on any atom is 0.410 e. The fourth-order valence-corrected chi connectivity index (χ4v) is 2.73. The Hall–Kier alpha value is -2.70. The predicted molar refractivity (Wildman–Crippen MR) is 96.4 cm³/mol. The Morgan fingerprint density at radius 2 is 1.80 bits per heavy atom. The summed E-state index contributed by atoms with van der Waals surface area (Å²) in [5.74, 6) is 0.652. The second kappa shape index (κ2) is 6.66. The maximum atomic E-state index is 12.1. The van der Waals surface area contributed by atoms with Crippen LogP contribution in [0.15, 0.2) is 34.9 Å². The zero-order chi connectivity index (χ0) is 18.0. The van der Waals surface area contributed by atoms with Crippen LogP contribution in [0, 0.1) is 0 Å². The zero-order valence-corrected chi connectivity index (χ0v) is 14.9. The number of ether oxygens (including phenoxy) is 1. The molecule has 3 rings (SSSR count). The minimum atomic E-state index is -0.464. The molecule has 1 aromatic carbocycles. The number of nitrogen functional groups attached to an aromatic ring is 1. The number of aromatic nitrogens is 1. The number of carbonyl (C=O) groups excluding carboxylic acids is 1. The normalized spacial score (nSPS) is 15.3. The first kappa shape index (κ1) is 17.1. The molecule has 1 saturated heterocycles. The van der Waals surface area contributed by atoms with Crippen molar-refractivity contribution in [3.63, 3.8) is 0 Å². The van der Waals surface area contributed by atoms with Crippen molar-refractivity contribution in [1.82, 2.24) is 9.88 Å². The number of nitrogens with zero attached hydrogens (tertiary/aromatic N) is 3. The van der Waals surface area contributed by atoms with Gasteiger partial charge in [0, 0.05) is 37.4 Å². The van der Waals surface area contributed by atoms with E-state index in [0.29, 0.717) is 18.8 Å². The van der Waals surface area contributed by atoms with Gasteiger partial charge in [0.15, 0.2) is 5.76 Å². The van der Waals surface area contributed by atoms with Crippen LogP contribution in [0.3, 0.4) is 0 Å². The number of amides is 1. The first-order chi connectivity index (χ1) is 11.8.